The summed E-state index contributed by atoms with van der Waals surface area (Å²) in [6, 6.07) is 6.12. The van der Waals surface area contributed by atoms with Crippen LogP contribution in [0.3, 0.4) is 0 Å². The molecular weight excluding hydrogens is 195 g/mol. The van der Waals surface area contributed by atoms with Gasteiger partial charge in [0.1, 0.15) is 5.82 Å². The highest BCUT2D eigenvalue weighted by molar-refractivity contribution is 5.16. The lowest BCUT2D eigenvalue weighted by molar-refractivity contribution is 0.626. The zero-order chi connectivity index (χ0) is 10.8. The third-order valence-corrected chi connectivity index (χ3v) is 2.18. The summed E-state index contributed by atoms with van der Waals surface area (Å²) in [4.78, 5) is 14.0. The number of benzene rings is 1. The van der Waals surface area contributed by atoms with Gasteiger partial charge in [0, 0.05) is 11.9 Å². The highest BCUT2D eigenvalue weighted by atomic mass is 19.1. The topological polar surface area (TPSA) is 37.8 Å². The summed E-state index contributed by atoms with van der Waals surface area (Å²) in [5.74, 6) is -0.267. The molecule has 3 nitrogen and oxygen atoms in total. The predicted octanol–water partition coefficient (Wildman–Crippen LogP) is 1.67. The first-order valence-electron chi connectivity index (χ1n) is 4.65. The number of aromatic amines is 1. The van der Waals surface area contributed by atoms with Gasteiger partial charge in [-0.1, -0.05) is 12.1 Å². The molecule has 2 aromatic rings. The maximum absolute atomic E-state index is 12.6. The number of nitrogens with zero attached hydrogens (tertiary/aromatic N) is 1. The first-order chi connectivity index (χ1) is 7.15. The average molecular weight is 206 g/mol. The molecule has 1 aromatic carbocycles. The van der Waals surface area contributed by atoms with Gasteiger partial charge in [-0.15, -0.1) is 0 Å². The van der Waals surface area contributed by atoms with Crippen LogP contribution in [0.2, 0.25) is 0 Å². The maximum Gasteiger partial charge on any atom is 0.326 e. The summed E-state index contributed by atoms with van der Waals surface area (Å²) in [5.41, 5.74) is 1.58. The molecule has 0 aliphatic heterocycles. The van der Waals surface area contributed by atoms with Crippen LogP contribution >= 0.6 is 0 Å². The molecule has 0 unspecified atom stereocenters. The zero-order valence-electron chi connectivity index (χ0n) is 8.33. The van der Waals surface area contributed by atoms with Gasteiger partial charge in [-0.2, -0.15) is 0 Å². The SMILES string of the molecule is Cc1cn(Cc2ccc(F)cc2)c(=O)[nH]1. The second-order valence-electron chi connectivity index (χ2n) is 3.50. The van der Waals surface area contributed by atoms with Gasteiger partial charge >= 0.3 is 5.69 Å². The summed E-state index contributed by atoms with van der Waals surface area (Å²) in [6.07, 6.45) is 1.74. The molecule has 0 spiro atoms. The molecule has 0 bridgehead atoms. The second kappa shape index (κ2) is 3.73. The van der Waals surface area contributed by atoms with E-state index in [4.69, 9.17) is 0 Å². The van der Waals surface area contributed by atoms with Gasteiger partial charge < -0.3 is 4.98 Å². The quantitative estimate of drug-likeness (QED) is 0.797. The van der Waals surface area contributed by atoms with Crippen molar-refractivity contribution >= 4 is 0 Å². The summed E-state index contributed by atoms with van der Waals surface area (Å²) >= 11 is 0. The van der Waals surface area contributed by atoms with Crippen molar-refractivity contribution in [3.63, 3.8) is 0 Å². The smallest absolute Gasteiger partial charge is 0.310 e. The number of H-pyrrole nitrogens is 1. The number of nitrogens with one attached hydrogen (secondary N) is 1. The molecule has 2 rings (SSSR count). The molecule has 1 heterocycles. The van der Waals surface area contributed by atoms with Crippen molar-refractivity contribution in [3.8, 4) is 0 Å². The third-order valence-electron chi connectivity index (χ3n) is 2.18. The van der Waals surface area contributed by atoms with Crippen LogP contribution in [0.1, 0.15) is 11.3 Å². The van der Waals surface area contributed by atoms with Crippen molar-refractivity contribution in [1.82, 2.24) is 9.55 Å². The normalized spacial score (nSPS) is 10.5. The average Bonchev–Trinajstić information content (AvgIpc) is 2.49. The first-order valence-corrected chi connectivity index (χ1v) is 4.65. The van der Waals surface area contributed by atoms with Crippen LogP contribution in [-0.2, 0) is 6.54 Å². The number of imidazole rings is 1. The molecule has 0 fully saturated rings. The van der Waals surface area contributed by atoms with Crippen molar-refractivity contribution in [2.75, 3.05) is 0 Å². The van der Waals surface area contributed by atoms with Crippen molar-refractivity contribution < 1.29 is 4.39 Å². The van der Waals surface area contributed by atoms with Crippen molar-refractivity contribution in [2.45, 2.75) is 13.5 Å². The Kier molecular flexibility index (Phi) is 2.41. The minimum atomic E-state index is -0.267. The minimum absolute atomic E-state index is 0.142. The van der Waals surface area contributed by atoms with E-state index in [0.717, 1.165) is 11.3 Å². The molecule has 0 saturated heterocycles. The van der Waals surface area contributed by atoms with E-state index >= 15 is 0 Å². The van der Waals surface area contributed by atoms with Gasteiger partial charge in [-0.05, 0) is 24.6 Å². The fourth-order valence-electron chi connectivity index (χ4n) is 1.47. The van der Waals surface area contributed by atoms with Crippen molar-refractivity contribution in [3.05, 3.63) is 58.0 Å². The van der Waals surface area contributed by atoms with Crippen LogP contribution in [0, 0.1) is 12.7 Å². The van der Waals surface area contributed by atoms with E-state index in [-0.39, 0.29) is 11.5 Å². The molecule has 0 saturated carbocycles. The molecule has 0 atom stereocenters. The van der Waals surface area contributed by atoms with Crippen LogP contribution in [0.15, 0.2) is 35.3 Å². The molecule has 0 aliphatic rings. The molecule has 4 heteroatoms. The maximum atomic E-state index is 12.6. The first kappa shape index (κ1) is 9.71. The highest BCUT2D eigenvalue weighted by Crippen LogP contribution is 2.04. The fourth-order valence-corrected chi connectivity index (χ4v) is 1.47. The van der Waals surface area contributed by atoms with Crippen LogP contribution in [0.25, 0.3) is 0 Å². The largest absolute Gasteiger partial charge is 0.326 e. The number of rotatable bonds is 2. The predicted molar refractivity (Wildman–Crippen MR) is 55.3 cm³/mol. The van der Waals surface area contributed by atoms with E-state index in [2.05, 4.69) is 4.98 Å². The Balaban J connectivity index is 2.25. The van der Waals surface area contributed by atoms with Crippen LogP contribution < -0.4 is 5.69 Å². The molecule has 1 N–H and O–H groups in total. The molecular formula is C11H11FN2O. The summed E-state index contributed by atoms with van der Waals surface area (Å²) < 4.78 is 14.2. The summed E-state index contributed by atoms with van der Waals surface area (Å²) in [5, 5.41) is 0. The number of hydrogen-bond donors (Lipinski definition) is 1. The third kappa shape index (κ3) is 2.15. The Morgan fingerprint density at radius 3 is 2.53 bits per heavy atom. The second-order valence-corrected chi connectivity index (χ2v) is 3.50. The van der Waals surface area contributed by atoms with Crippen LogP contribution in [-0.4, -0.2) is 9.55 Å². The molecule has 0 aliphatic carbocycles. The van der Waals surface area contributed by atoms with E-state index < -0.39 is 0 Å². The van der Waals surface area contributed by atoms with E-state index in [0.29, 0.717) is 6.54 Å². The fraction of sp³-hybridized carbons (Fsp3) is 0.182. The minimum Gasteiger partial charge on any atom is -0.310 e. The van der Waals surface area contributed by atoms with Crippen LogP contribution in [0.4, 0.5) is 4.39 Å². The monoisotopic (exact) mass is 206 g/mol. The zero-order valence-corrected chi connectivity index (χ0v) is 8.33. The number of hydrogen-bond acceptors (Lipinski definition) is 1. The van der Waals surface area contributed by atoms with Gasteiger partial charge in [-0.3, -0.25) is 4.57 Å². The van der Waals surface area contributed by atoms with E-state index in [9.17, 15) is 9.18 Å². The number of aryl methyl sites for hydroxylation is 1. The van der Waals surface area contributed by atoms with E-state index in [1.165, 1.54) is 12.1 Å². The summed E-state index contributed by atoms with van der Waals surface area (Å²) in [7, 11) is 0. The van der Waals surface area contributed by atoms with Crippen LogP contribution in [0.5, 0.6) is 0 Å². The molecule has 0 amide bonds. The number of aromatic nitrogens is 2. The Morgan fingerprint density at radius 2 is 2.00 bits per heavy atom. The lowest BCUT2D eigenvalue weighted by Gasteiger charge is -2.00. The molecule has 15 heavy (non-hydrogen) atoms. The molecule has 1 aromatic heterocycles. The Bertz CT molecular complexity index is 510. The Morgan fingerprint density at radius 1 is 1.33 bits per heavy atom. The number of halogens is 1. The van der Waals surface area contributed by atoms with Crippen molar-refractivity contribution in [1.29, 1.82) is 0 Å². The standard InChI is InChI=1S/C11H11FN2O/c1-8-6-14(11(15)13-8)7-9-2-4-10(12)5-3-9/h2-6H,7H2,1H3,(H,13,15). The van der Waals surface area contributed by atoms with Crippen molar-refractivity contribution in [2.24, 2.45) is 0 Å². The van der Waals surface area contributed by atoms with Gasteiger partial charge in [-0.25, -0.2) is 9.18 Å². The lowest BCUT2D eigenvalue weighted by atomic mass is 10.2. The van der Waals surface area contributed by atoms with E-state index in [1.807, 2.05) is 6.92 Å². The highest BCUT2D eigenvalue weighted by Gasteiger charge is 2.00. The van der Waals surface area contributed by atoms with Gasteiger partial charge in [0.25, 0.3) is 0 Å². The lowest BCUT2D eigenvalue weighted by Crippen LogP contribution is -2.16. The van der Waals surface area contributed by atoms with Gasteiger partial charge in [0.05, 0.1) is 6.54 Å². The Labute approximate surface area is 86.2 Å². The van der Waals surface area contributed by atoms with E-state index in [1.54, 1.807) is 22.9 Å². The Hall–Kier alpha value is -1.84. The molecule has 0 radical (unpaired) electrons. The summed E-state index contributed by atoms with van der Waals surface area (Å²) in [6.45, 7) is 2.28. The van der Waals surface area contributed by atoms with Gasteiger partial charge in [0.15, 0.2) is 0 Å². The van der Waals surface area contributed by atoms with Gasteiger partial charge in [0.2, 0.25) is 0 Å². The molecule has 78 valence electrons.